The van der Waals surface area contributed by atoms with Gasteiger partial charge in [0.05, 0.1) is 0 Å². The van der Waals surface area contributed by atoms with E-state index >= 15 is 0 Å². The van der Waals surface area contributed by atoms with Crippen LogP contribution in [0.5, 0.6) is 0 Å². The summed E-state index contributed by atoms with van der Waals surface area (Å²) in [5.74, 6) is -0.0252. The highest BCUT2D eigenvalue weighted by Gasteiger charge is 2.29. The molecule has 1 amide bonds. The molecule has 14 heavy (non-hydrogen) atoms. The number of primary amides is 1. The third kappa shape index (κ3) is 2.69. The summed E-state index contributed by atoms with van der Waals surface area (Å²) in [6.45, 7) is 5.34. The van der Waals surface area contributed by atoms with E-state index in [1.54, 1.807) is 7.11 Å². The Hall–Kier alpha value is -0.610. The predicted molar refractivity (Wildman–Crippen MR) is 54.8 cm³/mol. The maximum Gasteiger partial charge on any atom is 0.246 e. The van der Waals surface area contributed by atoms with Crippen LogP contribution in [-0.4, -0.2) is 43.7 Å². The summed E-state index contributed by atoms with van der Waals surface area (Å²) in [6, 6.07) is 0. The molecule has 2 N–H and O–H groups in total. The molecule has 4 nitrogen and oxygen atoms in total. The lowest BCUT2D eigenvalue weighted by molar-refractivity contribution is -0.132. The largest absolute Gasteiger partial charge is 0.371 e. The Morgan fingerprint density at radius 2 is 2.14 bits per heavy atom. The van der Waals surface area contributed by atoms with Crippen LogP contribution in [0.25, 0.3) is 0 Å². The summed E-state index contributed by atoms with van der Waals surface area (Å²) in [7, 11) is 1.56. The minimum atomic E-state index is -0.394. The Labute approximate surface area is 85.4 Å². The van der Waals surface area contributed by atoms with Crippen molar-refractivity contribution in [3.63, 3.8) is 0 Å². The van der Waals surface area contributed by atoms with Gasteiger partial charge < -0.3 is 15.4 Å². The van der Waals surface area contributed by atoms with Crippen LogP contribution in [-0.2, 0) is 9.53 Å². The number of nitrogens with zero attached hydrogens (tertiary/aromatic N) is 1. The zero-order chi connectivity index (χ0) is 10.6. The van der Waals surface area contributed by atoms with Crippen molar-refractivity contribution in [3.8, 4) is 0 Å². The average Bonchev–Trinajstić information content (AvgIpc) is 2.19. The number of piperidine rings is 1. The Morgan fingerprint density at radius 3 is 2.50 bits per heavy atom. The van der Waals surface area contributed by atoms with Crippen LogP contribution < -0.4 is 5.73 Å². The van der Waals surface area contributed by atoms with Gasteiger partial charge in [0, 0.05) is 7.11 Å². The molecule has 0 spiro atoms. The van der Waals surface area contributed by atoms with Gasteiger partial charge in [0.1, 0.15) is 6.10 Å². The Bertz CT molecular complexity index is 189. The molecule has 1 fully saturated rings. The summed E-state index contributed by atoms with van der Waals surface area (Å²) >= 11 is 0. The lowest BCUT2D eigenvalue weighted by Crippen LogP contribution is -2.43. The van der Waals surface area contributed by atoms with E-state index in [9.17, 15) is 4.79 Å². The lowest BCUT2D eigenvalue weighted by atomic mass is 9.91. The third-order valence-corrected chi connectivity index (χ3v) is 3.04. The maximum atomic E-state index is 11.1. The Kier molecular flexibility index (Phi) is 4.35. The number of rotatable bonds is 4. The first-order valence-electron chi connectivity index (χ1n) is 5.23. The van der Waals surface area contributed by atoms with Gasteiger partial charge in [-0.2, -0.15) is 0 Å². The van der Waals surface area contributed by atoms with Gasteiger partial charge in [0.25, 0.3) is 0 Å². The van der Waals surface area contributed by atoms with Crippen molar-refractivity contribution in [1.29, 1.82) is 0 Å². The highest BCUT2D eigenvalue weighted by Crippen LogP contribution is 2.21. The summed E-state index contributed by atoms with van der Waals surface area (Å²) in [4.78, 5) is 13.4. The molecule has 4 heteroatoms. The van der Waals surface area contributed by atoms with Gasteiger partial charge in [-0.25, -0.2) is 0 Å². The lowest BCUT2D eigenvalue weighted by Gasteiger charge is -2.33. The number of carbonyl (C=O) groups is 1. The van der Waals surface area contributed by atoms with E-state index in [0.29, 0.717) is 5.92 Å². The SMILES string of the molecule is CCN1CCC(C(OC)C(N)=O)CC1. The summed E-state index contributed by atoms with van der Waals surface area (Å²) in [5, 5.41) is 0. The van der Waals surface area contributed by atoms with E-state index in [2.05, 4.69) is 11.8 Å². The fourth-order valence-electron chi connectivity index (χ4n) is 2.11. The van der Waals surface area contributed by atoms with Crippen LogP contribution in [0.2, 0.25) is 0 Å². The third-order valence-electron chi connectivity index (χ3n) is 3.04. The van der Waals surface area contributed by atoms with Crippen LogP contribution in [0.1, 0.15) is 19.8 Å². The second-order valence-corrected chi connectivity index (χ2v) is 3.83. The number of amides is 1. The van der Waals surface area contributed by atoms with Gasteiger partial charge in [-0.05, 0) is 38.4 Å². The van der Waals surface area contributed by atoms with Gasteiger partial charge in [0.2, 0.25) is 5.91 Å². The highest BCUT2D eigenvalue weighted by atomic mass is 16.5. The van der Waals surface area contributed by atoms with Crippen molar-refractivity contribution in [3.05, 3.63) is 0 Å². The monoisotopic (exact) mass is 200 g/mol. The molecule has 0 saturated carbocycles. The van der Waals surface area contributed by atoms with Crippen molar-refractivity contribution in [2.24, 2.45) is 11.7 Å². The van der Waals surface area contributed by atoms with Crippen LogP contribution in [0.4, 0.5) is 0 Å². The highest BCUT2D eigenvalue weighted by molar-refractivity contribution is 5.79. The second-order valence-electron chi connectivity index (χ2n) is 3.83. The molecule has 0 radical (unpaired) electrons. The van der Waals surface area contributed by atoms with Gasteiger partial charge in [-0.15, -0.1) is 0 Å². The summed E-state index contributed by atoms with van der Waals surface area (Å²) < 4.78 is 5.13. The molecule has 1 aliphatic heterocycles. The minimum Gasteiger partial charge on any atom is -0.371 e. The predicted octanol–water partition coefficient (Wildman–Crippen LogP) is 0.219. The number of methoxy groups -OCH3 is 1. The van der Waals surface area contributed by atoms with Crippen molar-refractivity contribution >= 4 is 5.91 Å². The molecule has 0 bridgehead atoms. The van der Waals surface area contributed by atoms with Crippen molar-refractivity contribution in [1.82, 2.24) is 4.90 Å². The van der Waals surface area contributed by atoms with Crippen LogP contribution in [0.3, 0.4) is 0 Å². The van der Waals surface area contributed by atoms with Gasteiger partial charge in [-0.1, -0.05) is 6.92 Å². The van der Waals surface area contributed by atoms with E-state index in [-0.39, 0.29) is 5.91 Å². The van der Waals surface area contributed by atoms with Crippen LogP contribution in [0, 0.1) is 5.92 Å². The average molecular weight is 200 g/mol. The molecule has 1 unspecified atom stereocenters. The summed E-state index contributed by atoms with van der Waals surface area (Å²) in [6.07, 6.45) is 1.62. The van der Waals surface area contributed by atoms with E-state index in [1.165, 1.54) is 0 Å². The molecule has 1 saturated heterocycles. The van der Waals surface area contributed by atoms with E-state index in [1.807, 2.05) is 0 Å². The second kappa shape index (κ2) is 5.32. The molecule has 0 aromatic rings. The first-order chi connectivity index (χ1) is 6.69. The molecule has 1 rings (SSSR count). The number of hydrogen-bond acceptors (Lipinski definition) is 3. The molecule has 0 aromatic carbocycles. The standard InChI is InChI=1S/C10H20N2O2/c1-3-12-6-4-8(5-7-12)9(14-2)10(11)13/h8-9H,3-7H2,1-2H3,(H2,11,13). The molecular weight excluding hydrogens is 180 g/mol. The molecule has 1 heterocycles. The Balaban J connectivity index is 2.43. The van der Waals surface area contributed by atoms with E-state index in [0.717, 1.165) is 32.5 Å². The van der Waals surface area contributed by atoms with Crippen LogP contribution in [0.15, 0.2) is 0 Å². The maximum absolute atomic E-state index is 11.1. The fourth-order valence-corrected chi connectivity index (χ4v) is 2.11. The zero-order valence-corrected chi connectivity index (χ0v) is 9.03. The normalized spacial score (nSPS) is 22.1. The van der Waals surface area contributed by atoms with Gasteiger partial charge in [-0.3, -0.25) is 4.79 Å². The smallest absolute Gasteiger partial charge is 0.246 e. The minimum absolute atomic E-state index is 0.306. The number of likely N-dealkylation sites (tertiary alicyclic amines) is 1. The van der Waals surface area contributed by atoms with Crippen molar-refractivity contribution in [2.75, 3.05) is 26.7 Å². The molecule has 82 valence electrons. The van der Waals surface area contributed by atoms with E-state index < -0.39 is 6.10 Å². The molecule has 1 aliphatic rings. The quantitative estimate of drug-likeness (QED) is 0.706. The fraction of sp³-hybridized carbons (Fsp3) is 0.900. The molecule has 0 aliphatic carbocycles. The van der Waals surface area contributed by atoms with Gasteiger partial charge in [0.15, 0.2) is 0 Å². The first-order valence-corrected chi connectivity index (χ1v) is 5.23. The van der Waals surface area contributed by atoms with Crippen molar-refractivity contribution < 1.29 is 9.53 Å². The van der Waals surface area contributed by atoms with E-state index in [4.69, 9.17) is 10.5 Å². The van der Waals surface area contributed by atoms with Crippen LogP contribution >= 0.6 is 0 Å². The number of carbonyl (C=O) groups excluding carboxylic acids is 1. The molecule has 1 atom stereocenters. The number of hydrogen-bond donors (Lipinski definition) is 1. The topological polar surface area (TPSA) is 55.6 Å². The van der Waals surface area contributed by atoms with Gasteiger partial charge >= 0.3 is 0 Å². The van der Waals surface area contributed by atoms with Crippen molar-refractivity contribution in [2.45, 2.75) is 25.9 Å². The Morgan fingerprint density at radius 1 is 1.57 bits per heavy atom. The number of nitrogens with two attached hydrogens (primary N) is 1. The number of ether oxygens (including phenoxy) is 1. The first kappa shape index (κ1) is 11.5. The zero-order valence-electron chi connectivity index (χ0n) is 9.03. The summed E-state index contributed by atoms with van der Waals surface area (Å²) in [5.41, 5.74) is 5.27. The molecular formula is C10H20N2O2. The molecule has 0 aromatic heterocycles.